The number of hydrogen-bond donors (Lipinski definition) is 0. The molecule has 0 atom stereocenters. The molecule has 0 fully saturated rings. The van der Waals surface area contributed by atoms with E-state index in [1.54, 1.807) is 0 Å². The van der Waals surface area contributed by atoms with Crippen molar-refractivity contribution >= 4 is 5.78 Å². The Morgan fingerprint density at radius 3 is 2.17 bits per heavy atom. The van der Waals surface area contributed by atoms with Crippen molar-refractivity contribution in [3.63, 3.8) is 0 Å². The number of carbonyl (C=O) groups is 1. The third-order valence-electron chi connectivity index (χ3n) is 4.04. The van der Waals surface area contributed by atoms with Crippen molar-refractivity contribution in [2.24, 2.45) is 5.41 Å². The van der Waals surface area contributed by atoms with Crippen LogP contribution in [-0.2, 0) is 11.8 Å². The molecule has 1 aromatic rings. The van der Waals surface area contributed by atoms with Gasteiger partial charge in [-0.15, -0.1) is 0 Å². The first-order chi connectivity index (χ1) is 8.05. The Kier molecular flexibility index (Phi) is 2.73. The second-order valence-electron chi connectivity index (χ2n) is 7.38. The highest BCUT2D eigenvalue weighted by Crippen LogP contribution is 2.43. The van der Waals surface area contributed by atoms with Crippen molar-refractivity contribution in [2.75, 3.05) is 0 Å². The van der Waals surface area contributed by atoms with Crippen LogP contribution in [0.5, 0.6) is 0 Å². The standard InChI is InChI=1S/C17H24O/c1-10-8-11(2)14(16(3,4)5)12-9-17(6,7)15(18)13(10)12/h8H,9H2,1-7H3. The highest BCUT2D eigenvalue weighted by atomic mass is 16.1. The summed E-state index contributed by atoms with van der Waals surface area (Å²) in [4.78, 5) is 12.5. The van der Waals surface area contributed by atoms with Crippen LogP contribution in [0.4, 0.5) is 0 Å². The van der Waals surface area contributed by atoms with E-state index in [0.717, 1.165) is 17.5 Å². The van der Waals surface area contributed by atoms with Crippen LogP contribution in [0.25, 0.3) is 0 Å². The molecule has 0 aromatic heterocycles. The molecule has 0 spiro atoms. The van der Waals surface area contributed by atoms with E-state index in [-0.39, 0.29) is 10.8 Å². The third-order valence-corrected chi connectivity index (χ3v) is 4.04. The molecule has 0 aliphatic heterocycles. The molecule has 1 aliphatic rings. The van der Waals surface area contributed by atoms with Gasteiger partial charge in [0.2, 0.25) is 0 Å². The fraction of sp³-hybridized carbons (Fsp3) is 0.588. The minimum Gasteiger partial charge on any atom is -0.294 e. The lowest BCUT2D eigenvalue weighted by atomic mass is 9.78. The third kappa shape index (κ3) is 1.81. The van der Waals surface area contributed by atoms with Crippen LogP contribution in [0.15, 0.2) is 6.07 Å². The molecular formula is C17H24O. The summed E-state index contributed by atoms with van der Waals surface area (Å²) >= 11 is 0. The van der Waals surface area contributed by atoms with E-state index in [2.05, 4.69) is 54.5 Å². The molecule has 98 valence electrons. The molecule has 0 heterocycles. The van der Waals surface area contributed by atoms with Crippen LogP contribution < -0.4 is 0 Å². The summed E-state index contributed by atoms with van der Waals surface area (Å²) in [7, 11) is 0. The van der Waals surface area contributed by atoms with Crippen LogP contribution in [0.1, 0.15) is 67.2 Å². The summed E-state index contributed by atoms with van der Waals surface area (Å²) in [5.74, 6) is 0.320. The number of fused-ring (bicyclic) bond motifs is 1. The minimum atomic E-state index is -0.235. The summed E-state index contributed by atoms with van der Waals surface area (Å²) < 4.78 is 0. The summed E-state index contributed by atoms with van der Waals surface area (Å²) in [6.45, 7) is 15.1. The number of aryl methyl sites for hydroxylation is 2. The second kappa shape index (κ2) is 3.69. The maximum absolute atomic E-state index is 12.5. The molecule has 2 rings (SSSR count). The lowest BCUT2D eigenvalue weighted by Crippen LogP contribution is -2.19. The van der Waals surface area contributed by atoms with Crippen LogP contribution in [0, 0.1) is 19.3 Å². The van der Waals surface area contributed by atoms with Gasteiger partial charge in [-0.05, 0) is 47.9 Å². The monoisotopic (exact) mass is 244 g/mol. The predicted molar refractivity (Wildman–Crippen MR) is 76.4 cm³/mol. The van der Waals surface area contributed by atoms with Crippen molar-refractivity contribution < 1.29 is 4.79 Å². The van der Waals surface area contributed by atoms with Gasteiger partial charge in [-0.25, -0.2) is 0 Å². The van der Waals surface area contributed by atoms with E-state index >= 15 is 0 Å². The number of carbonyl (C=O) groups excluding carboxylic acids is 1. The summed E-state index contributed by atoms with van der Waals surface area (Å²) in [5, 5.41) is 0. The number of ketones is 1. The van der Waals surface area contributed by atoms with Gasteiger partial charge in [0.15, 0.2) is 5.78 Å². The smallest absolute Gasteiger partial charge is 0.169 e. The topological polar surface area (TPSA) is 17.1 Å². The zero-order valence-corrected chi connectivity index (χ0v) is 12.7. The van der Waals surface area contributed by atoms with Gasteiger partial charge in [-0.2, -0.15) is 0 Å². The van der Waals surface area contributed by atoms with E-state index in [0.29, 0.717) is 5.78 Å². The van der Waals surface area contributed by atoms with Crippen molar-refractivity contribution in [3.8, 4) is 0 Å². The molecule has 0 saturated heterocycles. The molecule has 0 radical (unpaired) electrons. The molecule has 1 nitrogen and oxygen atoms in total. The highest BCUT2D eigenvalue weighted by molar-refractivity contribution is 6.06. The van der Waals surface area contributed by atoms with Gasteiger partial charge in [0, 0.05) is 11.0 Å². The molecular weight excluding hydrogens is 220 g/mol. The number of benzene rings is 1. The van der Waals surface area contributed by atoms with E-state index in [4.69, 9.17) is 0 Å². The SMILES string of the molecule is Cc1cc(C)c(C(C)(C)C)c2c1C(=O)C(C)(C)C2. The van der Waals surface area contributed by atoms with Crippen LogP contribution in [-0.4, -0.2) is 5.78 Å². The summed E-state index contributed by atoms with van der Waals surface area (Å²) in [5.41, 5.74) is 6.01. The molecule has 0 saturated carbocycles. The lowest BCUT2D eigenvalue weighted by molar-refractivity contribution is 0.0863. The van der Waals surface area contributed by atoms with Gasteiger partial charge in [0.25, 0.3) is 0 Å². The first kappa shape index (κ1) is 13.3. The summed E-state index contributed by atoms with van der Waals surface area (Å²) in [6.07, 6.45) is 0.885. The first-order valence-corrected chi connectivity index (χ1v) is 6.74. The Bertz CT molecular complexity index is 528. The fourth-order valence-electron chi connectivity index (χ4n) is 3.47. The highest BCUT2D eigenvalue weighted by Gasteiger charge is 2.41. The van der Waals surface area contributed by atoms with Crippen molar-refractivity contribution in [3.05, 3.63) is 33.9 Å². The largest absolute Gasteiger partial charge is 0.294 e. The van der Waals surface area contributed by atoms with Crippen molar-refractivity contribution in [1.82, 2.24) is 0 Å². The Morgan fingerprint density at radius 2 is 1.67 bits per heavy atom. The van der Waals surface area contributed by atoms with Gasteiger partial charge < -0.3 is 0 Å². The Balaban J connectivity index is 2.80. The van der Waals surface area contributed by atoms with E-state index in [1.807, 2.05) is 0 Å². The van der Waals surface area contributed by atoms with Gasteiger partial charge >= 0.3 is 0 Å². The molecule has 1 aromatic carbocycles. The zero-order valence-electron chi connectivity index (χ0n) is 12.7. The van der Waals surface area contributed by atoms with Crippen molar-refractivity contribution in [2.45, 2.75) is 60.3 Å². The first-order valence-electron chi connectivity index (χ1n) is 6.74. The lowest BCUT2D eigenvalue weighted by Gasteiger charge is -2.26. The van der Waals surface area contributed by atoms with Gasteiger partial charge in [0.1, 0.15) is 0 Å². The van der Waals surface area contributed by atoms with Gasteiger partial charge in [0.05, 0.1) is 0 Å². The fourth-order valence-corrected chi connectivity index (χ4v) is 3.47. The molecule has 18 heavy (non-hydrogen) atoms. The number of rotatable bonds is 0. The maximum atomic E-state index is 12.5. The quantitative estimate of drug-likeness (QED) is 0.662. The second-order valence-corrected chi connectivity index (χ2v) is 7.38. The number of hydrogen-bond acceptors (Lipinski definition) is 1. The van der Waals surface area contributed by atoms with Crippen molar-refractivity contribution in [1.29, 1.82) is 0 Å². The predicted octanol–water partition coefficient (Wildman–Crippen LogP) is 4.37. The van der Waals surface area contributed by atoms with Crippen LogP contribution in [0.3, 0.4) is 0 Å². The van der Waals surface area contributed by atoms with E-state index in [1.165, 1.54) is 16.7 Å². The average Bonchev–Trinajstić information content (AvgIpc) is 2.34. The van der Waals surface area contributed by atoms with Crippen LogP contribution >= 0.6 is 0 Å². The Morgan fingerprint density at radius 1 is 1.11 bits per heavy atom. The summed E-state index contributed by atoms with van der Waals surface area (Å²) in [6, 6.07) is 2.18. The minimum absolute atomic E-state index is 0.0998. The molecule has 1 aliphatic carbocycles. The molecule has 1 heteroatoms. The van der Waals surface area contributed by atoms with Gasteiger partial charge in [-0.3, -0.25) is 4.79 Å². The molecule has 0 unspecified atom stereocenters. The zero-order chi connectivity index (χ0) is 13.9. The average molecular weight is 244 g/mol. The molecule has 0 amide bonds. The van der Waals surface area contributed by atoms with Gasteiger partial charge in [-0.1, -0.05) is 40.7 Å². The Labute approximate surface area is 111 Å². The molecule has 0 bridgehead atoms. The number of Topliss-reactive ketones (excluding diaryl/α,β-unsaturated/α-hetero) is 1. The van der Waals surface area contributed by atoms with E-state index < -0.39 is 0 Å². The van der Waals surface area contributed by atoms with Crippen LogP contribution in [0.2, 0.25) is 0 Å². The van der Waals surface area contributed by atoms with E-state index in [9.17, 15) is 4.79 Å². The normalized spacial score (nSPS) is 18.1. The maximum Gasteiger partial charge on any atom is 0.169 e. The molecule has 0 N–H and O–H groups in total. The Hall–Kier alpha value is -1.11.